The molecule has 0 saturated heterocycles. The minimum Gasteiger partial charge on any atom is -0.393 e. The predicted octanol–water partition coefficient (Wildman–Crippen LogP) is 0.528. The molecule has 3 saturated carbocycles. The van der Waals surface area contributed by atoms with Crippen molar-refractivity contribution in [1.29, 1.82) is 0 Å². The van der Waals surface area contributed by atoms with Gasteiger partial charge in [-0.3, -0.25) is 0 Å². The molecule has 0 aliphatic heterocycles. The molecule has 62 valence electrons. The first-order valence-electron chi connectivity index (χ1n) is 4.61. The molecule has 5 unspecified atom stereocenters. The molecule has 2 bridgehead atoms. The Hall–Kier alpha value is -0.0800. The van der Waals surface area contributed by atoms with Crippen molar-refractivity contribution in [3.63, 3.8) is 0 Å². The lowest BCUT2D eigenvalue weighted by molar-refractivity contribution is -0.0337. The average molecular weight is 154 g/mol. The zero-order chi connectivity index (χ0) is 7.64. The summed E-state index contributed by atoms with van der Waals surface area (Å²) in [4.78, 5) is 0. The largest absolute Gasteiger partial charge is 0.393 e. The minimum absolute atomic E-state index is 0.0808. The molecule has 0 heterocycles. The Bertz CT molecular complexity index is 204. The molecule has 3 aliphatic rings. The maximum atomic E-state index is 10.0. The number of hydrogen-bond donors (Lipinski definition) is 2. The second-order valence-electron chi connectivity index (χ2n) is 4.60. The van der Waals surface area contributed by atoms with Gasteiger partial charge in [-0.15, -0.1) is 0 Å². The van der Waals surface area contributed by atoms with Crippen LogP contribution in [0.4, 0.5) is 0 Å². The summed E-state index contributed by atoms with van der Waals surface area (Å²) >= 11 is 0. The molecule has 11 heavy (non-hydrogen) atoms. The highest BCUT2D eigenvalue weighted by Crippen LogP contribution is 2.61. The highest BCUT2D eigenvalue weighted by Gasteiger charge is 2.62. The first kappa shape index (κ1) is 6.44. The van der Waals surface area contributed by atoms with Crippen molar-refractivity contribution in [2.75, 3.05) is 0 Å². The first-order valence-corrected chi connectivity index (χ1v) is 4.61. The Labute approximate surface area is 66.2 Å². The molecule has 0 radical (unpaired) electrons. The summed E-state index contributed by atoms with van der Waals surface area (Å²) < 4.78 is 0. The lowest BCUT2D eigenvalue weighted by Crippen LogP contribution is -2.37. The van der Waals surface area contributed by atoms with Crippen molar-refractivity contribution in [2.45, 2.75) is 37.4 Å². The molecule has 0 aromatic rings. The SMILES string of the molecule is OC1C2CC3C1CCC3(O)C2. The van der Waals surface area contributed by atoms with Gasteiger partial charge in [-0.25, -0.2) is 0 Å². The molecule has 2 heteroatoms. The van der Waals surface area contributed by atoms with E-state index in [2.05, 4.69) is 0 Å². The summed E-state index contributed by atoms with van der Waals surface area (Å²) in [5, 5.41) is 19.7. The van der Waals surface area contributed by atoms with Crippen LogP contribution in [-0.2, 0) is 0 Å². The van der Waals surface area contributed by atoms with Gasteiger partial charge in [0.15, 0.2) is 0 Å². The van der Waals surface area contributed by atoms with Crippen molar-refractivity contribution in [3.05, 3.63) is 0 Å². The lowest BCUT2D eigenvalue weighted by Gasteiger charge is -2.30. The molecule has 2 nitrogen and oxygen atoms in total. The van der Waals surface area contributed by atoms with Crippen LogP contribution in [0.5, 0.6) is 0 Å². The third-order valence-electron chi connectivity index (χ3n) is 4.21. The van der Waals surface area contributed by atoms with E-state index in [4.69, 9.17) is 0 Å². The predicted molar refractivity (Wildman–Crippen MR) is 39.9 cm³/mol. The smallest absolute Gasteiger partial charge is 0.0683 e. The zero-order valence-corrected chi connectivity index (χ0v) is 6.53. The van der Waals surface area contributed by atoms with Crippen LogP contribution in [0, 0.1) is 17.8 Å². The summed E-state index contributed by atoms with van der Waals surface area (Å²) in [7, 11) is 0. The summed E-state index contributed by atoms with van der Waals surface area (Å²) in [5.74, 6) is 1.32. The normalized spacial score (nSPS) is 66.0. The molecular weight excluding hydrogens is 140 g/mol. The van der Waals surface area contributed by atoms with Crippen molar-refractivity contribution >= 4 is 0 Å². The molecule has 5 atom stereocenters. The third kappa shape index (κ3) is 0.574. The average Bonchev–Trinajstić information content (AvgIpc) is 2.45. The van der Waals surface area contributed by atoms with Gasteiger partial charge in [0.1, 0.15) is 0 Å². The third-order valence-corrected chi connectivity index (χ3v) is 4.21. The van der Waals surface area contributed by atoms with Crippen LogP contribution in [0.25, 0.3) is 0 Å². The van der Waals surface area contributed by atoms with Crippen LogP contribution in [0.1, 0.15) is 25.7 Å². The topological polar surface area (TPSA) is 40.5 Å². The zero-order valence-electron chi connectivity index (χ0n) is 6.53. The Morgan fingerprint density at radius 1 is 1.36 bits per heavy atom. The first-order chi connectivity index (χ1) is 5.21. The number of fused-ring (bicyclic) bond motifs is 1. The number of rotatable bonds is 0. The molecule has 0 aromatic carbocycles. The van der Waals surface area contributed by atoms with Crippen molar-refractivity contribution in [2.24, 2.45) is 17.8 Å². The fourth-order valence-electron chi connectivity index (χ4n) is 3.73. The van der Waals surface area contributed by atoms with Gasteiger partial charge in [0.2, 0.25) is 0 Å². The molecule has 2 N–H and O–H groups in total. The number of hydrogen-bond acceptors (Lipinski definition) is 2. The molecule has 0 aromatic heterocycles. The summed E-state index contributed by atoms with van der Waals surface area (Å²) in [6, 6.07) is 0. The van der Waals surface area contributed by atoms with E-state index in [1.807, 2.05) is 0 Å². The molecule has 3 rings (SSSR count). The second kappa shape index (κ2) is 1.64. The van der Waals surface area contributed by atoms with E-state index in [0.29, 0.717) is 17.8 Å². The molecular formula is C9H14O2. The van der Waals surface area contributed by atoms with E-state index >= 15 is 0 Å². The van der Waals surface area contributed by atoms with Crippen LogP contribution >= 0.6 is 0 Å². The van der Waals surface area contributed by atoms with Gasteiger partial charge in [-0.2, -0.15) is 0 Å². The van der Waals surface area contributed by atoms with E-state index < -0.39 is 0 Å². The Morgan fingerprint density at radius 2 is 2.18 bits per heavy atom. The molecule has 3 fully saturated rings. The maximum Gasteiger partial charge on any atom is 0.0683 e. The minimum atomic E-state index is -0.353. The lowest BCUT2D eigenvalue weighted by atomic mass is 9.83. The van der Waals surface area contributed by atoms with Crippen LogP contribution in [-0.4, -0.2) is 21.9 Å². The fourth-order valence-corrected chi connectivity index (χ4v) is 3.73. The van der Waals surface area contributed by atoms with Crippen molar-refractivity contribution < 1.29 is 10.2 Å². The van der Waals surface area contributed by atoms with Gasteiger partial charge >= 0.3 is 0 Å². The second-order valence-corrected chi connectivity index (χ2v) is 4.60. The van der Waals surface area contributed by atoms with Crippen LogP contribution < -0.4 is 0 Å². The van der Waals surface area contributed by atoms with Crippen molar-refractivity contribution in [1.82, 2.24) is 0 Å². The standard InChI is InChI=1S/C9H14O2/c10-8-5-3-7-6(8)1-2-9(7,11)4-5/h5-8,10-11H,1-4H2. The summed E-state index contributed by atoms with van der Waals surface area (Å²) in [6.07, 6.45) is 3.87. The molecule has 3 aliphatic carbocycles. The van der Waals surface area contributed by atoms with E-state index in [-0.39, 0.29) is 11.7 Å². The fraction of sp³-hybridized carbons (Fsp3) is 1.00. The van der Waals surface area contributed by atoms with Gasteiger partial charge in [-0.1, -0.05) is 0 Å². The van der Waals surface area contributed by atoms with E-state index in [9.17, 15) is 10.2 Å². The van der Waals surface area contributed by atoms with Gasteiger partial charge in [0.25, 0.3) is 0 Å². The highest BCUT2D eigenvalue weighted by atomic mass is 16.3. The number of aliphatic hydroxyl groups excluding tert-OH is 1. The maximum absolute atomic E-state index is 10.0. The summed E-state index contributed by atoms with van der Waals surface area (Å²) in [5.41, 5.74) is -0.353. The van der Waals surface area contributed by atoms with E-state index in [1.54, 1.807) is 0 Å². The quantitative estimate of drug-likeness (QED) is 0.534. The number of aliphatic hydroxyl groups is 2. The Kier molecular flexibility index (Phi) is 0.961. The van der Waals surface area contributed by atoms with Gasteiger partial charge in [0.05, 0.1) is 11.7 Å². The van der Waals surface area contributed by atoms with Crippen LogP contribution in [0.2, 0.25) is 0 Å². The van der Waals surface area contributed by atoms with Crippen LogP contribution in [0.3, 0.4) is 0 Å². The Morgan fingerprint density at radius 3 is 2.82 bits per heavy atom. The van der Waals surface area contributed by atoms with E-state index in [0.717, 1.165) is 25.7 Å². The van der Waals surface area contributed by atoms with Crippen molar-refractivity contribution in [3.8, 4) is 0 Å². The van der Waals surface area contributed by atoms with E-state index in [1.165, 1.54) is 0 Å². The summed E-state index contributed by atoms with van der Waals surface area (Å²) in [6.45, 7) is 0. The molecule has 0 amide bonds. The van der Waals surface area contributed by atoms with Gasteiger partial charge in [-0.05, 0) is 43.4 Å². The Balaban J connectivity index is 2.03. The highest BCUT2D eigenvalue weighted by molar-refractivity contribution is 5.13. The van der Waals surface area contributed by atoms with Gasteiger partial charge in [0, 0.05) is 0 Å². The van der Waals surface area contributed by atoms with Crippen LogP contribution in [0.15, 0.2) is 0 Å². The van der Waals surface area contributed by atoms with Gasteiger partial charge < -0.3 is 10.2 Å². The monoisotopic (exact) mass is 154 g/mol. The molecule has 0 spiro atoms.